The van der Waals surface area contributed by atoms with Crippen molar-refractivity contribution in [1.29, 1.82) is 0 Å². The molecular formula is C18H20N4O2. The zero-order chi connectivity index (χ0) is 16.8. The van der Waals surface area contributed by atoms with Crippen LogP contribution in [0.25, 0.3) is 0 Å². The largest absolute Gasteiger partial charge is 0.473 e. The fraction of sp³-hybridized carbons (Fsp3) is 0.278. The molecule has 24 heavy (non-hydrogen) atoms. The van der Waals surface area contributed by atoms with Gasteiger partial charge in [-0.05, 0) is 11.6 Å². The molecule has 0 fully saturated rings. The Morgan fingerprint density at radius 3 is 2.71 bits per heavy atom. The van der Waals surface area contributed by atoms with Gasteiger partial charge in [-0.2, -0.15) is 4.98 Å². The van der Waals surface area contributed by atoms with Gasteiger partial charge in [-0.3, -0.25) is 0 Å². The zero-order valence-electron chi connectivity index (χ0n) is 13.8. The Morgan fingerprint density at radius 2 is 1.96 bits per heavy atom. The number of aromatic nitrogens is 3. The van der Waals surface area contributed by atoms with Crippen molar-refractivity contribution in [3.05, 3.63) is 65.6 Å². The lowest BCUT2D eigenvalue weighted by Gasteiger charge is -2.10. The molecular weight excluding hydrogens is 304 g/mol. The molecule has 6 heteroatoms. The van der Waals surface area contributed by atoms with Crippen molar-refractivity contribution in [3.63, 3.8) is 0 Å². The summed E-state index contributed by atoms with van der Waals surface area (Å²) in [4.78, 5) is 8.61. The fourth-order valence-corrected chi connectivity index (χ4v) is 2.13. The van der Waals surface area contributed by atoms with Gasteiger partial charge in [-0.15, -0.1) is 0 Å². The van der Waals surface area contributed by atoms with E-state index >= 15 is 0 Å². The van der Waals surface area contributed by atoms with Crippen molar-refractivity contribution in [1.82, 2.24) is 15.1 Å². The molecule has 2 aromatic heterocycles. The van der Waals surface area contributed by atoms with Gasteiger partial charge in [0.25, 0.3) is 0 Å². The van der Waals surface area contributed by atoms with E-state index in [2.05, 4.69) is 20.4 Å². The lowest BCUT2D eigenvalue weighted by molar-refractivity contribution is 0.290. The summed E-state index contributed by atoms with van der Waals surface area (Å²) in [5.74, 6) is 1.51. The second kappa shape index (κ2) is 7.59. The minimum Gasteiger partial charge on any atom is -0.473 e. The smallest absolute Gasteiger partial charge is 0.321 e. The minimum atomic E-state index is 0.229. The number of hydrogen-bond donors (Lipinski definition) is 1. The number of hydrogen-bond acceptors (Lipinski definition) is 6. The van der Waals surface area contributed by atoms with E-state index in [-0.39, 0.29) is 5.92 Å². The predicted molar refractivity (Wildman–Crippen MR) is 90.7 cm³/mol. The van der Waals surface area contributed by atoms with Gasteiger partial charge in [0.05, 0.1) is 0 Å². The molecule has 2 heterocycles. The summed E-state index contributed by atoms with van der Waals surface area (Å²) in [6.45, 7) is 5.01. The summed E-state index contributed by atoms with van der Waals surface area (Å²) in [5.41, 5.74) is 2.03. The van der Waals surface area contributed by atoms with Crippen molar-refractivity contribution in [2.24, 2.45) is 0 Å². The van der Waals surface area contributed by atoms with Gasteiger partial charge in [0.15, 0.2) is 5.82 Å². The molecule has 0 spiro atoms. The molecule has 0 saturated carbocycles. The van der Waals surface area contributed by atoms with Crippen LogP contribution in [-0.2, 0) is 13.2 Å². The number of ether oxygens (including phenoxy) is 1. The highest BCUT2D eigenvalue weighted by Gasteiger charge is 2.11. The molecule has 0 aliphatic rings. The molecule has 124 valence electrons. The third-order valence-electron chi connectivity index (χ3n) is 3.46. The topological polar surface area (TPSA) is 73.1 Å². The van der Waals surface area contributed by atoms with Crippen molar-refractivity contribution >= 4 is 6.01 Å². The van der Waals surface area contributed by atoms with Gasteiger partial charge in [-0.1, -0.05) is 55.4 Å². The maximum absolute atomic E-state index is 5.84. The van der Waals surface area contributed by atoms with E-state index in [0.29, 0.717) is 30.9 Å². The molecule has 6 nitrogen and oxygen atoms in total. The summed E-state index contributed by atoms with van der Waals surface area (Å²) in [6, 6.07) is 14.2. The highest BCUT2D eigenvalue weighted by molar-refractivity contribution is 5.31. The highest BCUT2D eigenvalue weighted by Crippen LogP contribution is 2.18. The van der Waals surface area contributed by atoms with E-state index in [4.69, 9.17) is 9.26 Å². The monoisotopic (exact) mass is 324 g/mol. The van der Waals surface area contributed by atoms with Crippen LogP contribution in [0.15, 0.2) is 53.2 Å². The number of nitrogens with one attached hydrogen (secondary N) is 1. The van der Waals surface area contributed by atoms with Crippen LogP contribution >= 0.6 is 0 Å². The molecule has 3 rings (SSSR count). The number of rotatable bonds is 7. The molecule has 1 aromatic carbocycles. The molecule has 0 aliphatic heterocycles. The third-order valence-corrected chi connectivity index (χ3v) is 3.46. The summed E-state index contributed by atoms with van der Waals surface area (Å²) >= 11 is 0. The molecule has 0 amide bonds. The van der Waals surface area contributed by atoms with Crippen LogP contribution in [0.2, 0.25) is 0 Å². The quantitative estimate of drug-likeness (QED) is 0.713. The van der Waals surface area contributed by atoms with Crippen molar-refractivity contribution < 1.29 is 9.26 Å². The molecule has 0 radical (unpaired) electrons. The van der Waals surface area contributed by atoms with Crippen molar-refractivity contribution in [3.8, 4) is 5.88 Å². The van der Waals surface area contributed by atoms with E-state index in [9.17, 15) is 0 Å². The first kappa shape index (κ1) is 16.0. The molecule has 0 saturated heterocycles. The maximum Gasteiger partial charge on any atom is 0.321 e. The van der Waals surface area contributed by atoms with E-state index in [1.807, 2.05) is 56.3 Å². The van der Waals surface area contributed by atoms with Gasteiger partial charge in [-0.25, -0.2) is 4.98 Å². The normalized spacial score (nSPS) is 10.8. The summed E-state index contributed by atoms with van der Waals surface area (Å²) in [6.07, 6.45) is 1.72. The summed E-state index contributed by atoms with van der Waals surface area (Å²) in [5, 5.41) is 7.05. The predicted octanol–water partition coefficient (Wildman–Crippen LogP) is 3.78. The Balaban J connectivity index is 1.63. The number of anilines is 1. The molecule has 0 bridgehead atoms. The maximum atomic E-state index is 5.84. The van der Waals surface area contributed by atoms with Gasteiger partial charge < -0.3 is 14.6 Å². The van der Waals surface area contributed by atoms with Crippen molar-refractivity contribution in [2.45, 2.75) is 32.9 Å². The Bertz CT molecular complexity index is 771. The van der Waals surface area contributed by atoms with E-state index in [0.717, 1.165) is 11.1 Å². The standard InChI is InChI=1S/C18H20N4O2/c1-13(2)16-21-18(24-22-16)20-11-15-9-6-10-19-17(15)23-12-14-7-4-3-5-8-14/h3-10,13H,11-12H2,1-2H3,(H,20,21,22). The summed E-state index contributed by atoms with van der Waals surface area (Å²) in [7, 11) is 0. The van der Waals surface area contributed by atoms with Crippen LogP contribution in [0.4, 0.5) is 6.01 Å². The van der Waals surface area contributed by atoms with E-state index < -0.39 is 0 Å². The first-order valence-electron chi connectivity index (χ1n) is 7.90. The second-order valence-electron chi connectivity index (χ2n) is 5.71. The lowest BCUT2D eigenvalue weighted by Crippen LogP contribution is -2.05. The SMILES string of the molecule is CC(C)c1noc(NCc2cccnc2OCc2ccccc2)n1. The average Bonchev–Trinajstić information content (AvgIpc) is 3.09. The van der Waals surface area contributed by atoms with Crippen LogP contribution in [0, 0.1) is 0 Å². The Labute approximate surface area is 140 Å². The Morgan fingerprint density at radius 1 is 1.12 bits per heavy atom. The lowest BCUT2D eigenvalue weighted by atomic mass is 10.2. The van der Waals surface area contributed by atoms with Gasteiger partial charge >= 0.3 is 6.01 Å². The molecule has 3 aromatic rings. The van der Waals surface area contributed by atoms with Crippen LogP contribution in [0.1, 0.15) is 36.7 Å². The number of pyridine rings is 1. The molecule has 0 unspecified atom stereocenters. The molecule has 1 N–H and O–H groups in total. The molecule has 0 atom stereocenters. The van der Waals surface area contributed by atoms with E-state index in [1.165, 1.54) is 0 Å². The van der Waals surface area contributed by atoms with Crippen LogP contribution in [0.5, 0.6) is 5.88 Å². The Hall–Kier alpha value is -2.89. The van der Waals surface area contributed by atoms with Gasteiger partial charge in [0.2, 0.25) is 5.88 Å². The van der Waals surface area contributed by atoms with Crippen molar-refractivity contribution in [2.75, 3.05) is 5.32 Å². The highest BCUT2D eigenvalue weighted by atomic mass is 16.5. The van der Waals surface area contributed by atoms with Gasteiger partial charge in [0.1, 0.15) is 6.61 Å². The fourth-order valence-electron chi connectivity index (χ4n) is 2.13. The number of benzene rings is 1. The Kier molecular flexibility index (Phi) is 5.05. The zero-order valence-corrected chi connectivity index (χ0v) is 13.8. The number of nitrogens with zero attached hydrogens (tertiary/aromatic N) is 3. The van der Waals surface area contributed by atoms with Crippen LogP contribution in [0.3, 0.4) is 0 Å². The first-order chi connectivity index (χ1) is 11.7. The second-order valence-corrected chi connectivity index (χ2v) is 5.71. The average molecular weight is 324 g/mol. The van der Waals surface area contributed by atoms with Crippen LogP contribution in [-0.4, -0.2) is 15.1 Å². The first-order valence-corrected chi connectivity index (χ1v) is 7.90. The summed E-state index contributed by atoms with van der Waals surface area (Å²) < 4.78 is 11.0. The van der Waals surface area contributed by atoms with Gasteiger partial charge in [0, 0.05) is 24.2 Å². The minimum absolute atomic E-state index is 0.229. The molecule has 0 aliphatic carbocycles. The van der Waals surface area contributed by atoms with E-state index in [1.54, 1.807) is 6.20 Å². The van der Waals surface area contributed by atoms with Crippen LogP contribution < -0.4 is 10.1 Å². The third kappa shape index (κ3) is 4.10.